The Kier molecular flexibility index (Phi) is 2.99. The van der Waals surface area contributed by atoms with Crippen molar-refractivity contribution >= 4 is 11.4 Å². The highest BCUT2D eigenvalue weighted by Gasteiger charge is 2.27. The fourth-order valence-electron chi connectivity index (χ4n) is 2.08. The molecule has 0 bridgehead atoms. The zero-order valence-corrected chi connectivity index (χ0v) is 9.88. The van der Waals surface area contributed by atoms with Crippen LogP contribution in [0.2, 0.25) is 0 Å². The fourth-order valence-corrected chi connectivity index (χ4v) is 2.08. The predicted molar refractivity (Wildman–Crippen MR) is 66.1 cm³/mol. The zero-order valence-electron chi connectivity index (χ0n) is 9.88. The fraction of sp³-hybridized carbons (Fsp3) is 0.667. The molecule has 0 amide bonds. The summed E-state index contributed by atoms with van der Waals surface area (Å²) in [6.07, 6.45) is 2.03. The van der Waals surface area contributed by atoms with E-state index in [9.17, 15) is 9.59 Å². The van der Waals surface area contributed by atoms with Gasteiger partial charge < -0.3 is 10.2 Å². The third-order valence-corrected chi connectivity index (χ3v) is 3.08. The van der Waals surface area contributed by atoms with Gasteiger partial charge in [0.1, 0.15) is 11.4 Å². The highest BCUT2D eigenvalue weighted by molar-refractivity contribution is 5.75. The Balaban J connectivity index is 2.17. The molecule has 1 aliphatic rings. The number of nitrogens with one attached hydrogen (secondary N) is 1. The Morgan fingerprint density at radius 1 is 1.31 bits per heavy atom. The maximum Gasteiger partial charge on any atom is 0.253 e. The molecule has 0 saturated carbocycles. The third kappa shape index (κ3) is 1.84. The maximum atomic E-state index is 11.5. The standard InChI is InChI=1S/C12H18N2O2/c1-8(2)4-7-14-6-3-5-13-9-10(14)12(16)11(9)15/h8,13H,3-7H2,1-2H3. The van der Waals surface area contributed by atoms with Gasteiger partial charge in [-0.25, -0.2) is 0 Å². The second-order valence-electron chi connectivity index (χ2n) is 4.83. The van der Waals surface area contributed by atoms with Crippen LogP contribution in [-0.4, -0.2) is 19.6 Å². The van der Waals surface area contributed by atoms with Crippen LogP contribution < -0.4 is 21.1 Å². The van der Waals surface area contributed by atoms with Crippen molar-refractivity contribution in [3.05, 3.63) is 20.4 Å². The Bertz CT molecular complexity index is 444. The molecule has 2 rings (SSSR count). The van der Waals surface area contributed by atoms with Crippen molar-refractivity contribution < 1.29 is 0 Å². The number of hydrogen-bond acceptors (Lipinski definition) is 4. The molecule has 1 aliphatic heterocycles. The van der Waals surface area contributed by atoms with E-state index in [0.29, 0.717) is 17.3 Å². The smallest absolute Gasteiger partial charge is 0.253 e. The molecule has 0 saturated heterocycles. The summed E-state index contributed by atoms with van der Waals surface area (Å²) in [7, 11) is 0. The minimum atomic E-state index is -0.341. The second kappa shape index (κ2) is 4.28. The first kappa shape index (κ1) is 11.2. The average molecular weight is 222 g/mol. The van der Waals surface area contributed by atoms with Crippen molar-refractivity contribution in [3.8, 4) is 0 Å². The molecule has 1 aromatic rings. The van der Waals surface area contributed by atoms with Crippen LogP contribution in [0.5, 0.6) is 0 Å². The molecule has 4 nitrogen and oxygen atoms in total. The largest absolute Gasteiger partial charge is 0.380 e. The molecule has 4 heteroatoms. The highest BCUT2D eigenvalue weighted by Crippen LogP contribution is 2.23. The Morgan fingerprint density at radius 2 is 2.06 bits per heavy atom. The van der Waals surface area contributed by atoms with Crippen molar-refractivity contribution in [2.24, 2.45) is 5.92 Å². The van der Waals surface area contributed by atoms with Crippen molar-refractivity contribution in [2.45, 2.75) is 26.7 Å². The van der Waals surface area contributed by atoms with Crippen LogP contribution in [0, 0.1) is 5.92 Å². The first-order valence-corrected chi connectivity index (χ1v) is 5.93. The van der Waals surface area contributed by atoms with E-state index in [1.54, 1.807) is 0 Å². The van der Waals surface area contributed by atoms with Gasteiger partial charge in [0, 0.05) is 19.6 Å². The molecular formula is C12H18N2O2. The Morgan fingerprint density at radius 3 is 2.75 bits per heavy atom. The third-order valence-electron chi connectivity index (χ3n) is 3.08. The summed E-state index contributed by atoms with van der Waals surface area (Å²) in [5.74, 6) is 0.617. The lowest BCUT2D eigenvalue weighted by atomic mass is 10.1. The van der Waals surface area contributed by atoms with Gasteiger partial charge in [0.05, 0.1) is 0 Å². The highest BCUT2D eigenvalue weighted by atomic mass is 16.2. The molecule has 0 radical (unpaired) electrons. The Hall–Kier alpha value is -1.32. The minimum absolute atomic E-state index is 0.312. The van der Waals surface area contributed by atoms with Crippen LogP contribution in [0.15, 0.2) is 9.59 Å². The number of hydrogen-bond donors (Lipinski definition) is 1. The van der Waals surface area contributed by atoms with Gasteiger partial charge >= 0.3 is 0 Å². The van der Waals surface area contributed by atoms with Crippen LogP contribution in [0.3, 0.4) is 0 Å². The van der Waals surface area contributed by atoms with E-state index in [-0.39, 0.29) is 10.9 Å². The first-order valence-electron chi connectivity index (χ1n) is 5.93. The van der Waals surface area contributed by atoms with Crippen molar-refractivity contribution in [1.82, 2.24) is 0 Å². The lowest BCUT2D eigenvalue weighted by Crippen LogP contribution is -2.41. The van der Waals surface area contributed by atoms with Gasteiger partial charge in [-0.3, -0.25) is 9.59 Å². The van der Waals surface area contributed by atoms with E-state index in [1.807, 2.05) is 0 Å². The number of rotatable bonds is 3. The summed E-state index contributed by atoms with van der Waals surface area (Å²) in [5.41, 5.74) is 0.522. The molecule has 1 heterocycles. The summed E-state index contributed by atoms with van der Waals surface area (Å²) in [6, 6.07) is 0. The van der Waals surface area contributed by atoms with E-state index in [0.717, 1.165) is 32.5 Å². The summed E-state index contributed by atoms with van der Waals surface area (Å²) in [6.45, 7) is 6.86. The van der Waals surface area contributed by atoms with Gasteiger partial charge in [-0.1, -0.05) is 13.8 Å². The molecule has 88 valence electrons. The molecule has 0 aromatic heterocycles. The number of fused-ring (bicyclic) bond motifs is 1. The number of nitrogens with zero attached hydrogens (tertiary/aromatic N) is 1. The van der Waals surface area contributed by atoms with Crippen LogP contribution in [0.25, 0.3) is 0 Å². The monoisotopic (exact) mass is 222 g/mol. The first-order chi connectivity index (χ1) is 7.61. The number of anilines is 2. The lowest BCUT2D eigenvalue weighted by Gasteiger charge is -2.25. The van der Waals surface area contributed by atoms with Crippen molar-refractivity contribution in [3.63, 3.8) is 0 Å². The van der Waals surface area contributed by atoms with E-state index in [1.165, 1.54) is 0 Å². The van der Waals surface area contributed by atoms with Crippen LogP contribution in [-0.2, 0) is 0 Å². The summed E-state index contributed by atoms with van der Waals surface area (Å²) >= 11 is 0. The average Bonchev–Trinajstić information content (AvgIpc) is 2.45. The van der Waals surface area contributed by atoms with Crippen LogP contribution in [0.1, 0.15) is 26.7 Å². The van der Waals surface area contributed by atoms with Gasteiger partial charge in [0.2, 0.25) is 0 Å². The topological polar surface area (TPSA) is 49.4 Å². The molecule has 0 fully saturated rings. The molecule has 0 atom stereocenters. The quantitative estimate of drug-likeness (QED) is 0.774. The molecule has 0 aliphatic carbocycles. The molecule has 0 spiro atoms. The normalized spacial score (nSPS) is 16.1. The van der Waals surface area contributed by atoms with E-state index < -0.39 is 0 Å². The van der Waals surface area contributed by atoms with E-state index >= 15 is 0 Å². The minimum Gasteiger partial charge on any atom is -0.380 e. The van der Waals surface area contributed by atoms with Gasteiger partial charge in [-0.05, 0) is 18.8 Å². The van der Waals surface area contributed by atoms with Gasteiger partial charge in [-0.2, -0.15) is 0 Å². The molecule has 1 N–H and O–H groups in total. The summed E-state index contributed by atoms with van der Waals surface area (Å²) in [5, 5.41) is 3.05. The van der Waals surface area contributed by atoms with Crippen LogP contribution >= 0.6 is 0 Å². The second-order valence-corrected chi connectivity index (χ2v) is 4.83. The maximum absolute atomic E-state index is 11.5. The molecule has 16 heavy (non-hydrogen) atoms. The lowest BCUT2D eigenvalue weighted by molar-refractivity contribution is 0.570. The van der Waals surface area contributed by atoms with Gasteiger partial charge in [-0.15, -0.1) is 0 Å². The van der Waals surface area contributed by atoms with Gasteiger partial charge in [0.15, 0.2) is 0 Å². The van der Waals surface area contributed by atoms with E-state index in [2.05, 4.69) is 24.1 Å². The zero-order chi connectivity index (χ0) is 11.7. The van der Waals surface area contributed by atoms with Gasteiger partial charge in [0.25, 0.3) is 10.9 Å². The van der Waals surface area contributed by atoms with Crippen LogP contribution in [0.4, 0.5) is 11.4 Å². The summed E-state index contributed by atoms with van der Waals surface area (Å²) in [4.78, 5) is 24.9. The molecule has 0 unspecified atom stereocenters. The Labute approximate surface area is 95.0 Å². The van der Waals surface area contributed by atoms with Crippen molar-refractivity contribution in [2.75, 3.05) is 29.9 Å². The van der Waals surface area contributed by atoms with E-state index in [4.69, 9.17) is 0 Å². The van der Waals surface area contributed by atoms with Crippen molar-refractivity contribution in [1.29, 1.82) is 0 Å². The predicted octanol–water partition coefficient (Wildman–Crippen LogP) is 0.951. The molecule has 1 aromatic carbocycles. The molecular weight excluding hydrogens is 204 g/mol. The SMILES string of the molecule is CC(C)CCN1CCCNc2c1c(=O)c2=O. The summed E-state index contributed by atoms with van der Waals surface area (Å²) < 4.78 is 0.